The molecule has 0 unspecified atom stereocenters. The van der Waals surface area contributed by atoms with Crippen LogP contribution in [0.15, 0.2) is 30.3 Å². The van der Waals surface area contributed by atoms with E-state index >= 15 is 0 Å². The van der Waals surface area contributed by atoms with E-state index in [1.807, 2.05) is 30.3 Å². The van der Waals surface area contributed by atoms with Gasteiger partial charge in [-0.1, -0.05) is 51.1 Å². The normalized spacial score (nSPS) is 14.5. The Kier molecular flexibility index (Phi) is 10.4. The lowest BCUT2D eigenvalue weighted by atomic mass is 10.1. The van der Waals surface area contributed by atoms with E-state index in [1.165, 1.54) is 0 Å². The van der Waals surface area contributed by atoms with E-state index in [-0.39, 0.29) is 23.5 Å². The number of benzene rings is 1. The Bertz CT molecular complexity index is 568. The van der Waals surface area contributed by atoms with Crippen LogP contribution in [0.1, 0.15) is 52.5 Å². The summed E-state index contributed by atoms with van der Waals surface area (Å²) in [6.07, 6.45) is 0.152. The van der Waals surface area contributed by atoms with Gasteiger partial charge in [0, 0.05) is 12.7 Å². The lowest BCUT2D eigenvalue weighted by molar-refractivity contribution is -0.145. The van der Waals surface area contributed by atoms with Crippen LogP contribution in [0.25, 0.3) is 0 Å². The smallest absolute Gasteiger partial charge is 0.308 e. The summed E-state index contributed by atoms with van der Waals surface area (Å²) in [6, 6.07) is 10.0. The van der Waals surface area contributed by atoms with E-state index in [0.29, 0.717) is 32.7 Å². The highest BCUT2D eigenvalue weighted by Gasteiger charge is 2.39. The van der Waals surface area contributed by atoms with Crippen molar-refractivity contribution in [2.24, 2.45) is 0 Å². The molecule has 6 heteroatoms. The average Bonchev–Trinajstić information content (AvgIpc) is 2.58. The molecule has 1 N–H and O–H groups in total. The van der Waals surface area contributed by atoms with Crippen LogP contribution in [-0.2, 0) is 25.3 Å². The number of esters is 1. The Morgan fingerprint density at radius 3 is 2.39 bits per heavy atom. The van der Waals surface area contributed by atoms with Crippen LogP contribution in [0.5, 0.6) is 0 Å². The van der Waals surface area contributed by atoms with Gasteiger partial charge in [0.15, 0.2) is 8.32 Å². The van der Waals surface area contributed by atoms with Crippen molar-refractivity contribution in [1.82, 2.24) is 0 Å². The Hall–Kier alpha value is -1.21. The predicted molar refractivity (Wildman–Crippen MR) is 115 cm³/mol. The fraction of sp³-hybridized carbons (Fsp3) is 0.682. The molecular formula is C22H38O5Si. The van der Waals surface area contributed by atoms with E-state index in [1.54, 1.807) is 6.92 Å². The summed E-state index contributed by atoms with van der Waals surface area (Å²) in [4.78, 5) is 11.7. The van der Waals surface area contributed by atoms with Crippen molar-refractivity contribution in [3.63, 3.8) is 0 Å². The molecule has 0 amide bonds. The fourth-order valence-electron chi connectivity index (χ4n) is 2.60. The molecule has 160 valence electrons. The highest BCUT2D eigenvalue weighted by Crippen LogP contribution is 2.38. The average molecular weight is 411 g/mol. The van der Waals surface area contributed by atoms with Crippen LogP contribution in [0.3, 0.4) is 0 Å². The van der Waals surface area contributed by atoms with Gasteiger partial charge in [-0.05, 0) is 43.5 Å². The van der Waals surface area contributed by atoms with Gasteiger partial charge in [-0.25, -0.2) is 0 Å². The second-order valence-electron chi connectivity index (χ2n) is 8.73. The topological polar surface area (TPSA) is 65.0 Å². The molecule has 0 spiro atoms. The minimum absolute atomic E-state index is 0.00389. The molecule has 28 heavy (non-hydrogen) atoms. The van der Waals surface area contributed by atoms with Crippen LogP contribution in [0.4, 0.5) is 0 Å². The first-order chi connectivity index (χ1) is 13.0. The van der Waals surface area contributed by atoms with Gasteiger partial charge < -0.3 is 19.0 Å². The van der Waals surface area contributed by atoms with Gasteiger partial charge in [-0.15, -0.1) is 0 Å². The third-order valence-electron chi connectivity index (χ3n) is 5.21. The van der Waals surface area contributed by atoms with Crippen LogP contribution < -0.4 is 0 Å². The standard InChI is InChI=1S/C22H38O5Si/c1-7-26-21(24)16-19(23)15-20(27-28(5,6)22(2,3)4)13-14-25-17-18-11-9-8-10-12-18/h8-12,19-20,23H,7,13-17H2,1-6H3/t19-,20+/m1/s1. The zero-order valence-electron chi connectivity index (χ0n) is 18.4. The molecule has 0 fully saturated rings. The summed E-state index contributed by atoms with van der Waals surface area (Å²) in [5.41, 5.74) is 1.13. The van der Waals surface area contributed by atoms with Gasteiger partial charge in [-0.3, -0.25) is 4.79 Å². The number of aliphatic hydroxyl groups is 1. The van der Waals surface area contributed by atoms with Crippen molar-refractivity contribution >= 4 is 14.3 Å². The zero-order valence-corrected chi connectivity index (χ0v) is 19.4. The number of ether oxygens (including phenoxy) is 2. The summed E-state index contributed by atoms with van der Waals surface area (Å²) >= 11 is 0. The molecule has 1 rings (SSSR count). The largest absolute Gasteiger partial charge is 0.466 e. The second kappa shape index (κ2) is 11.7. The summed E-state index contributed by atoms with van der Waals surface area (Å²) in [7, 11) is -2.00. The van der Waals surface area contributed by atoms with Gasteiger partial charge in [0.05, 0.1) is 25.7 Å². The molecule has 0 aliphatic heterocycles. The van der Waals surface area contributed by atoms with Crippen LogP contribution in [0.2, 0.25) is 18.1 Å². The fourth-order valence-corrected chi connectivity index (χ4v) is 4.00. The SMILES string of the molecule is CCOC(=O)C[C@H](O)C[C@H](CCOCc1ccccc1)O[Si](C)(C)C(C)(C)C. The molecule has 2 atom stereocenters. The number of aliphatic hydroxyl groups excluding tert-OH is 1. The number of rotatable bonds is 12. The summed E-state index contributed by atoms with van der Waals surface area (Å²) in [5.74, 6) is -0.374. The van der Waals surface area contributed by atoms with Crippen LogP contribution >= 0.6 is 0 Å². The molecule has 0 aliphatic rings. The summed E-state index contributed by atoms with van der Waals surface area (Å²) in [5, 5.41) is 10.4. The van der Waals surface area contributed by atoms with E-state index < -0.39 is 14.4 Å². The van der Waals surface area contributed by atoms with Crippen LogP contribution in [0, 0.1) is 0 Å². The highest BCUT2D eigenvalue weighted by molar-refractivity contribution is 6.74. The number of hydrogen-bond acceptors (Lipinski definition) is 5. The van der Waals surface area contributed by atoms with Crippen molar-refractivity contribution in [1.29, 1.82) is 0 Å². The molecule has 0 saturated heterocycles. The molecule has 0 heterocycles. The summed E-state index contributed by atoms with van der Waals surface area (Å²) in [6.45, 7) is 14.1. The molecule has 0 aliphatic carbocycles. The van der Waals surface area contributed by atoms with Crippen molar-refractivity contribution < 1.29 is 23.8 Å². The molecule has 0 aromatic heterocycles. The maximum atomic E-state index is 11.7. The Labute approximate surface area is 171 Å². The number of hydrogen-bond donors (Lipinski definition) is 1. The lowest BCUT2D eigenvalue weighted by Gasteiger charge is -2.39. The molecule has 0 radical (unpaired) electrons. The van der Waals surface area contributed by atoms with Crippen molar-refractivity contribution in [3.8, 4) is 0 Å². The number of carbonyl (C=O) groups excluding carboxylic acids is 1. The maximum Gasteiger partial charge on any atom is 0.308 e. The van der Waals surface area contributed by atoms with Crippen molar-refractivity contribution in [3.05, 3.63) is 35.9 Å². The van der Waals surface area contributed by atoms with Gasteiger partial charge in [0.25, 0.3) is 0 Å². The molecule has 5 nitrogen and oxygen atoms in total. The number of carbonyl (C=O) groups is 1. The highest BCUT2D eigenvalue weighted by atomic mass is 28.4. The van der Waals surface area contributed by atoms with Crippen molar-refractivity contribution in [2.75, 3.05) is 13.2 Å². The minimum atomic E-state index is -2.00. The first-order valence-corrected chi connectivity index (χ1v) is 13.1. The maximum absolute atomic E-state index is 11.7. The van der Waals surface area contributed by atoms with E-state index in [2.05, 4.69) is 33.9 Å². The first kappa shape index (κ1) is 24.8. The minimum Gasteiger partial charge on any atom is -0.466 e. The lowest BCUT2D eigenvalue weighted by Crippen LogP contribution is -2.45. The van der Waals surface area contributed by atoms with Gasteiger partial charge in [0.1, 0.15) is 0 Å². The van der Waals surface area contributed by atoms with Gasteiger partial charge >= 0.3 is 5.97 Å². The Balaban J connectivity index is 2.62. The molecule has 1 aromatic rings. The molecule has 1 aromatic carbocycles. The Morgan fingerprint density at radius 2 is 1.82 bits per heavy atom. The van der Waals surface area contributed by atoms with Gasteiger partial charge in [0.2, 0.25) is 0 Å². The predicted octanol–water partition coefficient (Wildman–Crippen LogP) is 4.69. The molecule has 0 saturated carbocycles. The van der Waals surface area contributed by atoms with E-state index in [4.69, 9.17) is 13.9 Å². The third kappa shape index (κ3) is 9.32. The molecular weight excluding hydrogens is 372 g/mol. The zero-order chi connectivity index (χ0) is 21.2. The quantitative estimate of drug-likeness (QED) is 0.308. The van der Waals surface area contributed by atoms with E-state index in [0.717, 1.165) is 5.56 Å². The second-order valence-corrected chi connectivity index (χ2v) is 13.5. The van der Waals surface area contributed by atoms with E-state index in [9.17, 15) is 9.90 Å². The summed E-state index contributed by atoms with van der Waals surface area (Å²) < 4.78 is 17.3. The van der Waals surface area contributed by atoms with Gasteiger partial charge in [-0.2, -0.15) is 0 Å². The Morgan fingerprint density at radius 1 is 1.18 bits per heavy atom. The first-order valence-electron chi connectivity index (χ1n) is 10.2. The van der Waals surface area contributed by atoms with Crippen LogP contribution in [-0.4, -0.2) is 44.8 Å². The monoisotopic (exact) mass is 410 g/mol. The molecule has 0 bridgehead atoms. The third-order valence-corrected chi connectivity index (χ3v) is 9.74. The van der Waals surface area contributed by atoms with Crippen molar-refractivity contribution in [2.45, 2.75) is 83.9 Å².